The third-order valence-electron chi connectivity index (χ3n) is 3.64. The highest BCUT2D eigenvalue weighted by atomic mass is 32.2. The van der Waals surface area contributed by atoms with Crippen LogP contribution < -0.4 is 4.90 Å². The molecule has 1 fully saturated rings. The molecule has 0 atom stereocenters. The Morgan fingerprint density at radius 2 is 1.86 bits per heavy atom. The van der Waals surface area contributed by atoms with Gasteiger partial charge in [0, 0.05) is 24.7 Å². The number of benzene rings is 1. The lowest BCUT2D eigenvalue weighted by Crippen LogP contribution is -2.41. The summed E-state index contributed by atoms with van der Waals surface area (Å²) in [6.07, 6.45) is 1.34. The van der Waals surface area contributed by atoms with Gasteiger partial charge in [-0.25, -0.2) is 13.2 Å². The maximum absolute atomic E-state index is 11.6. The van der Waals surface area contributed by atoms with Crippen molar-refractivity contribution in [2.75, 3.05) is 29.5 Å². The molecule has 1 aliphatic rings. The Morgan fingerprint density at radius 3 is 2.52 bits per heavy atom. The quantitative estimate of drug-likeness (QED) is 0.896. The Balaban J connectivity index is 2.15. The molecule has 7 heteroatoms. The van der Waals surface area contributed by atoms with Crippen LogP contribution in [0.25, 0.3) is 10.9 Å². The molecule has 0 aliphatic carbocycles. The van der Waals surface area contributed by atoms with Crippen molar-refractivity contribution >= 4 is 32.4 Å². The number of carbonyl (C=O) groups is 1. The summed E-state index contributed by atoms with van der Waals surface area (Å²) in [7, 11) is -3.01. The van der Waals surface area contributed by atoms with Crippen LogP contribution in [0.5, 0.6) is 0 Å². The first-order valence-electron chi connectivity index (χ1n) is 6.54. The summed E-state index contributed by atoms with van der Waals surface area (Å²) in [5.74, 6) is -0.970. The third-order valence-corrected chi connectivity index (χ3v) is 5.25. The zero-order valence-corrected chi connectivity index (χ0v) is 12.0. The second-order valence-electron chi connectivity index (χ2n) is 4.98. The summed E-state index contributed by atoms with van der Waals surface area (Å²) in [4.78, 5) is 17.4. The molecule has 21 heavy (non-hydrogen) atoms. The third kappa shape index (κ3) is 2.56. The summed E-state index contributed by atoms with van der Waals surface area (Å²) in [6.45, 7) is 0.604. The average Bonchev–Trinajstić information content (AvgIpc) is 2.46. The summed E-state index contributed by atoms with van der Waals surface area (Å²) in [5.41, 5.74) is 1.36. The molecule has 2 aromatic rings. The standard InChI is InChI=1S/C14H14N2O4S/c17-14(18)11-9-15-12-4-2-1-3-10(12)13(11)16-5-7-21(19,20)8-6-16/h1-4,9H,5-8H2,(H,17,18). The molecule has 0 spiro atoms. The van der Waals surface area contributed by atoms with E-state index in [2.05, 4.69) is 4.98 Å². The Bertz CT molecular complexity index is 803. The van der Waals surface area contributed by atoms with Crippen molar-refractivity contribution in [2.24, 2.45) is 0 Å². The predicted octanol–water partition coefficient (Wildman–Crippen LogP) is 1.17. The second kappa shape index (κ2) is 5.00. The van der Waals surface area contributed by atoms with Gasteiger partial charge in [0.2, 0.25) is 0 Å². The average molecular weight is 306 g/mol. The number of hydrogen-bond donors (Lipinski definition) is 1. The lowest BCUT2D eigenvalue weighted by Gasteiger charge is -2.30. The van der Waals surface area contributed by atoms with Gasteiger partial charge in [-0.15, -0.1) is 0 Å². The maximum Gasteiger partial charge on any atom is 0.339 e. The molecular weight excluding hydrogens is 292 g/mol. The molecule has 0 radical (unpaired) electrons. The van der Waals surface area contributed by atoms with Gasteiger partial charge in [0.1, 0.15) is 5.56 Å². The van der Waals surface area contributed by atoms with E-state index in [0.717, 1.165) is 5.39 Å². The predicted molar refractivity (Wildman–Crippen MR) is 79.6 cm³/mol. The summed E-state index contributed by atoms with van der Waals surface area (Å²) in [6, 6.07) is 7.28. The number of nitrogens with zero attached hydrogens (tertiary/aromatic N) is 2. The minimum atomic E-state index is -3.01. The number of carboxylic acid groups (broad SMARTS) is 1. The van der Waals surface area contributed by atoms with Crippen molar-refractivity contribution in [1.82, 2.24) is 4.98 Å². The number of anilines is 1. The molecule has 1 aromatic carbocycles. The van der Waals surface area contributed by atoms with Crippen molar-refractivity contribution in [2.45, 2.75) is 0 Å². The van der Waals surface area contributed by atoms with Crippen LogP contribution in [0.3, 0.4) is 0 Å². The summed E-state index contributed by atoms with van der Waals surface area (Å²) >= 11 is 0. The van der Waals surface area contributed by atoms with Crippen molar-refractivity contribution in [3.05, 3.63) is 36.0 Å². The number of sulfone groups is 1. The Labute approximate surface area is 121 Å². The van der Waals surface area contributed by atoms with Crippen molar-refractivity contribution in [3.8, 4) is 0 Å². The molecule has 1 aromatic heterocycles. The van der Waals surface area contributed by atoms with E-state index in [1.807, 2.05) is 29.2 Å². The lowest BCUT2D eigenvalue weighted by molar-refractivity contribution is 0.0697. The van der Waals surface area contributed by atoms with Gasteiger partial charge in [0.05, 0.1) is 22.7 Å². The topological polar surface area (TPSA) is 87.6 Å². The molecular formula is C14H14N2O4S. The van der Waals surface area contributed by atoms with E-state index in [0.29, 0.717) is 24.3 Å². The number of para-hydroxylation sites is 1. The SMILES string of the molecule is O=C(O)c1cnc2ccccc2c1N1CCS(=O)(=O)CC1. The van der Waals surface area contributed by atoms with E-state index in [9.17, 15) is 18.3 Å². The van der Waals surface area contributed by atoms with Gasteiger partial charge in [-0.2, -0.15) is 0 Å². The van der Waals surface area contributed by atoms with Gasteiger partial charge < -0.3 is 10.0 Å². The minimum absolute atomic E-state index is 0.0444. The largest absolute Gasteiger partial charge is 0.478 e. The van der Waals surface area contributed by atoms with Crippen molar-refractivity contribution in [1.29, 1.82) is 0 Å². The summed E-state index contributed by atoms with van der Waals surface area (Å²) in [5, 5.41) is 10.1. The van der Waals surface area contributed by atoms with E-state index in [1.165, 1.54) is 6.20 Å². The molecule has 110 valence electrons. The van der Waals surface area contributed by atoms with Gasteiger partial charge in [-0.05, 0) is 6.07 Å². The normalized spacial score (nSPS) is 17.8. The number of pyridine rings is 1. The van der Waals surface area contributed by atoms with Crippen LogP contribution in [0, 0.1) is 0 Å². The highest BCUT2D eigenvalue weighted by molar-refractivity contribution is 7.91. The van der Waals surface area contributed by atoms with Crippen LogP contribution in [0.15, 0.2) is 30.5 Å². The zero-order chi connectivity index (χ0) is 15.0. The maximum atomic E-state index is 11.6. The van der Waals surface area contributed by atoms with Crippen LogP contribution in [0.1, 0.15) is 10.4 Å². The summed E-state index contributed by atoms with van der Waals surface area (Å²) < 4.78 is 23.1. The molecule has 6 nitrogen and oxygen atoms in total. The number of aromatic carboxylic acids is 1. The fraction of sp³-hybridized carbons (Fsp3) is 0.286. The van der Waals surface area contributed by atoms with Crippen LogP contribution >= 0.6 is 0 Å². The smallest absolute Gasteiger partial charge is 0.339 e. The van der Waals surface area contributed by atoms with Gasteiger partial charge >= 0.3 is 5.97 Å². The highest BCUT2D eigenvalue weighted by Crippen LogP contribution is 2.30. The minimum Gasteiger partial charge on any atom is -0.478 e. The van der Waals surface area contributed by atoms with E-state index in [1.54, 1.807) is 0 Å². The van der Waals surface area contributed by atoms with Crippen molar-refractivity contribution in [3.63, 3.8) is 0 Å². The molecule has 0 bridgehead atoms. The van der Waals surface area contributed by atoms with E-state index >= 15 is 0 Å². The van der Waals surface area contributed by atoms with E-state index in [4.69, 9.17) is 0 Å². The van der Waals surface area contributed by atoms with Crippen LogP contribution in [0.2, 0.25) is 0 Å². The van der Waals surface area contributed by atoms with Gasteiger partial charge in [0.15, 0.2) is 9.84 Å². The fourth-order valence-electron chi connectivity index (χ4n) is 2.56. The monoisotopic (exact) mass is 306 g/mol. The molecule has 0 amide bonds. The van der Waals surface area contributed by atoms with Crippen LogP contribution in [-0.4, -0.2) is 49.1 Å². The van der Waals surface area contributed by atoms with Crippen LogP contribution in [0.4, 0.5) is 5.69 Å². The Hall–Kier alpha value is -2.15. The highest BCUT2D eigenvalue weighted by Gasteiger charge is 2.26. The number of fused-ring (bicyclic) bond motifs is 1. The number of aromatic nitrogens is 1. The fourth-order valence-corrected chi connectivity index (χ4v) is 3.76. The molecule has 1 saturated heterocycles. The lowest BCUT2D eigenvalue weighted by atomic mass is 10.1. The van der Waals surface area contributed by atoms with Gasteiger partial charge in [0.25, 0.3) is 0 Å². The van der Waals surface area contributed by atoms with Crippen molar-refractivity contribution < 1.29 is 18.3 Å². The molecule has 2 heterocycles. The molecule has 1 N–H and O–H groups in total. The Kier molecular flexibility index (Phi) is 3.29. The number of rotatable bonds is 2. The van der Waals surface area contributed by atoms with E-state index in [-0.39, 0.29) is 17.1 Å². The molecule has 1 aliphatic heterocycles. The first-order valence-corrected chi connectivity index (χ1v) is 8.36. The molecule has 3 rings (SSSR count). The zero-order valence-electron chi connectivity index (χ0n) is 11.2. The first-order chi connectivity index (χ1) is 9.98. The number of carboxylic acids is 1. The van der Waals surface area contributed by atoms with Gasteiger partial charge in [-0.3, -0.25) is 4.98 Å². The Morgan fingerprint density at radius 1 is 1.19 bits per heavy atom. The van der Waals surface area contributed by atoms with E-state index < -0.39 is 15.8 Å². The molecule has 0 unspecified atom stereocenters. The molecule has 0 saturated carbocycles. The van der Waals surface area contributed by atoms with Gasteiger partial charge in [-0.1, -0.05) is 18.2 Å². The first kappa shape index (κ1) is 13.8. The van der Waals surface area contributed by atoms with Crippen LogP contribution in [-0.2, 0) is 9.84 Å². The number of hydrogen-bond acceptors (Lipinski definition) is 5. The second-order valence-corrected chi connectivity index (χ2v) is 7.29.